The van der Waals surface area contributed by atoms with Gasteiger partial charge >= 0.3 is 0 Å². The Morgan fingerprint density at radius 1 is 1.44 bits per heavy atom. The van der Waals surface area contributed by atoms with E-state index in [1.54, 1.807) is 18.3 Å². The number of piperidine rings is 1. The predicted octanol–water partition coefficient (Wildman–Crippen LogP) is 0.830. The number of nitrogens with two attached hydrogens (primary N) is 1. The second-order valence-electron chi connectivity index (χ2n) is 4.96. The van der Waals surface area contributed by atoms with Crippen molar-refractivity contribution in [3.05, 3.63) is 23.9 Å². The van der Waals surface area contributed by atoms with Crippen LogP contribution < -0.4 is 5.73 Å². The minimum atomic E-state index is 0.0568. The normalized spacial score (nSPS) is 17.2. The van der Waals surface area contributed by atoms with E-state index in [9.17, 15) is 4.79 Å². The molecule has 1 aliphatic rings. The van der Waals surface area contributed by atoms with Crippen LogP contribution in [0.2, 0.25) is 0 Å². The summed E-state index contributed by atoms with van der Waals surface area (Å²) < 4.78 is 0. The molecule has 1 aliphatic heterocycles. The molecule has 0 aromatic carbocycles. The van der Waals surface area contributed by atoms with Crippen molar-refractivity contribution in [3.8, 4) is 0 Å². The molecule has 98 valence electrons. The Bertz CT molecular complexity index is 425. The van der Waals surface area contributed by atoms with Gasteiger partial charge in [0, 0.05) is 30.9 Å². The number of amides is 1. The van der Waals surface area contributed by atoms with Crippen molar-refractivity contribution in [1.82, 2.24) is 14.8 Å². The number of nitrogens with zero attached hydrogens (tertiary/aromatic N) is 3. The maximum Gasteiger partial charge on any atom is 0.254 e. The quantitative estimate of drug-likeness (QED) is 0.842. The lowest BCUT2D eigenvalue weighted by molar-refractivity contribution is 0.0663. The standard InChI is InChI=1S/C13H20N4O/c1-16(2)11-4-7-17(8-5-11)13(18)10-3-6-15-12(14)9-10/h3,6,9,11H,4-5,7-8H2,1-2H3,(H2,14,15). The van der Waals surface area contributed by atoms with Crippen molar-refractivity contribution < 1.29 is 4.79 Å². The van der Waals surface area contributed by atoms with Crippen LogP contribution in [0.1, 0.15) is 23.2 Å². The van der Waals surface area contributed by atoms with Crippen LogP contribution in [0.25, 0.3) is 0 Å². The van der Waals surface area contributed by atoms with Crippen molar-refractivity contribution >= 4 is 11.7 Å². The van der Waals surface area contributed by atoms with Crippen LogP contribution in [0.15, 0.2) is 18.3 Å². The van der Waals surface area contributed by atoms with Gasteiger partial charge in [0.1, 0.15) is 5.82 Å². The van der Waals surface area contributed by atoms with Gasteiger partial charge in [-0.15, -0.1) is 0 Å². The number of nitrogen functional groups attached to an aromatic ring is 1. The Kier molecular flexibility index (Phi) is 3.81. The smallest absolute Gasteiger partial charge is 0.254 e. The zero-order valence-corrected chi connectivity index (χ0v) is 11.0. The first-order valence-electron chi connectivity index (χ1n) is 6.25. The van der Waals surface area contributed by atoms with Crippen LogP contribution >= 0.6 is 0 Å². The number of carbonyl (C=O) groups excluding carboxylic acids is 1. The van der Waals surface area contributed by atoms with Gasteiger partial charge in [-0.1, -0.05) is 0 Å². The number of rotatable bonds is 2. The van der Waals surface area contributed by atoms with Crippen LogP contribution in [-0.2, 0) is 0 Å². The first kappa shape index (κ1) is 12.8. The molecule has 0 aliphatic carbocycles. The molecule has 0 bridgehead atoms. The van der Waals surface area contributed by atoms with Crippen LogP contribution in [0.5, 0.6) is 0 Å². The maximum atomic E-state index is 12.3. The van der Waals surface area contributed by atoms with Gasteiger partial charge in [0.05, 0.1) is 0 Å². The molecule has 2 rings (SSSR count). The topological polar surface area (TPSA) is 62.5 Å². The van der Waals surface area contributed by atoms with Crippen molar-refractivity contribution in [2.45, 2.75) is 18.9 Å². The Balaban J connectivity index is 1.99. The molecule has 0 unspecified atom stereocenters. The molecular formula is C13H20N4O. The van der Waals surface area contributed by atoms with Crippen molar-refractivity contribution in [3.63, 3.8) is 0 Å². The average molecular weight is 248 g/mol. The highest BCUT2D eigenvalue weighted by Crippen LogP contribution is 2.17. The molecular weight excluding hydrogens is 228 g/mol. The summed E-state index contributed by atoms with van der Waals surface area (Å²) in [6.07, 6.45) is 3.63. The number of carbonyl (C=O) groups is 1. The van der Waals surface area contributed by atoms with Crippen molar-refractivity contribution in [2.75, 3.05) is 32.9 Å². The number of aromatic nitrogens is 1. The molecule has 2 N–H and O–H groups in total. The highest BCUT2D eigenvalue weighted by molar-refractivity contribution is 5.94. The molecule has 0 atom stereocenters. The van der Waals surface area contributed by atoms with Crippen molar-refractivity contribution in [2.24, 2.45) is 0 Å². The lowest BCUT2D eigenvalue weighted by atomic mass is 10.0. The fourth-order valence-corrected chi connectivity index (χ4v) is 2.35. The maximum absolute atomic E-state index is 12.3. The van der Waals surface area contributed by atoms with Gasteiger partial charge in [0.2, 0.25) is 0 Å². The predicted molar refractivity (Wildman–Crippen MR) is 71.3 cm³/mol. The highest BCUT2D eigenvalue weighted by Gasteiger charge is 2.24. The number of likely N-dealkylation sites (tertiary alicyclic amines) is 1. The molecule has 2 heterocycles. The third kappa shape index (κ3) is 2.79. The van der Waals surface area contributed by atoms with Crippen LogP contribution in [0.3, 0.4) is 0 Å². The SMILES string of the molecule is CN(C)C1CCN(C(=O)c2ccnc(N)c2)CC1. The molecule has 1 fully saturated rings. The van der Waals surface area contributed by atoms with Gasteiger partial charge < -0.3 is 15.5 Å². The molecule has 5 nitrogen and oxygen atoms in total. The Labute approximate surface area is 108 Å². The third-order valence-electron chi connectivity index (χ3n) is 3.51. The summed E-state index contributed by atoms with van der Waals surface area (Å²) in [5.41, 5.74) is 6.23. The summed E-state index contributed by atoms with van der Waals surface area (Å²) in [5, 5.41) is 0. The highest BCUT2D eigenvalue weighted by atomic mass is 16.2. The van der Waals surface area contributed by atoms with E-state index in [4.69, 9.17) is 5.73 Å². The average Bonchev–Trinajstić information content (AvgIpc) is 2.38. The molecule has 1 aromatic heterocycles. The van der Waals surface area contributed by atoms with E-state index in [1.165, 1.54) is 0 Å². The van der Waals surface area contributed by atoms with Gasteiger partial charge in [-0.2, -0.15) is 0 Å². The van der Waals surface area contributed by atoms with E-state index in [0.717, 1.165) is 25.9 Å². The van der Waals surface area contributed by atoms with Gasteiger partial charge in [-0.05, 0) is 39.1 Å². The molecule has 0 saturated carbocycles. The molecule has 18 heavy (non-hydrogen) atoms. The zero-order valence-electron chi connectivity index (χ0n) is 11.0. The van der Waals surface area contributed by atoms with E-state index in [-0.39, 0.29) is 5.91 Å². The fraction of sp³-hybridized carbons (Fsp3) is 0.538. The number of anilines is 1. The lowest BCUT2D eigenvalue weighted by Crippen LogP contribution is -2.44. The fourth-order valence-electron chi connectivity index (χ4n) is 2.35. The molecule has 0 radical (unpaired) electrons. The summed E-state index contributed by atoms with van der Waals surface area (Å²) >= 11 is 0. The number of hydrogen-bond donors (Lipinski definition) is 1. The first-order chi connectivity index (χ1) is 8.58. The molecule has 5 heteroatoms. The Hall–Kier alpha value is -1.62. The van der Waals surface area contributed by atoms with Gasteiger partial charge in [-0.25, -0.2) is 4.98 Å². The number of hydrogen-bond acceptors (Lipinski definition) is 4. The molecule has 1 amide bonds. The largest absolute Gasteiger partial charge is 0.384 e. The summed E-state index contributed by atoms with van der Waals surface area (Å²) in [6.45, 7) is 1.62. The Morgan fingerprint density at radius 2 is 2.11 bits per heavy atom. The summed E-state index contributed by atoms with van der Waals surface area (Å²) in [5.74, 6) is 0.449. The van der Waals surface area contributed by atoms with E-state index in [2.05, 4.69) is 24.0 Å². The minimum absolute atomic E-state index is 0.0568. The van der Waals surface area contributed by atoms with E-state index >= 15 is 0 Å². The molecule has 1 saturated heterocycles. The van der Waals surface area contributed by atoms with Gasteiger partial charge in [-0.3, -0.25) is 4.79 Å². The summed E-state index contributed by atoms with van der Waals surface area (Å²) in [7, 11) is 4.18. The first-order valence-corrected chi connectivity index (χ1v) is 6.25. The Morgan fingerprint density at radius 3 is 2.67 bits per heavy atom. The monoisotopic (exact) mass is 248 g/mol. The molecule has 1 aromatic rings. The van der Waals surface area contributed by atoms with E-state index in [1.807, 2.05) is 4.90 Å². The van der Waals surface area contributed by atoms with Crippen LogP contribution in [0, 0.1) is 0 Å². The van der Waals surface area contributed by atoms with E-state index < -0.39 is 0 Å². The third-order valence-corrected chi connectivity index (χ3v) is 3.51. The molecule has 0 spiro atoms. The minimum Gasteiger partial charge on any atom is -0.384 e. The van der Waals surface area contributed by atoms with Gasteiger partial charge in [0.25, 0.3) is 5.91 Å². The van der Waals surface area contributed by atoms with E-state index in [0.29, 0.717) is 17.4 Å². The summed E-state index contributed by atoms with van der Waals surface area (Å²) in [4.78, 5) is 20.3. The zero-order chi connectivity index (χ0) is 13.1. The second-order valence-corrected chi connectivity index (χ2v) is 4.96. The van der Waals surface area contributed by atoms with Gasteiger partial charge in [0.15, 0.2) is 0 Å². The summed E-state index contributed by atoms with van der Waals surface area (Å²) in [6, 6.07) is 3.94. The lowest BCUT2D eigenvalue weighted by Gasteiger charge is -2.35. The number of pyridine rings is 1. The van der Waals surface area contributed by atoms with Crippen molar-refractivity contribution in [1.29, 1.82) is 0 Å². The second kappa shape index (κ2) is 5.35. The van der Waals surface area contributed by atoms with Crippen LogP contribution in [0.4, 0.5) is 5.82 Å². The van der Waals surface area contributed by atoms with Crippen LogP contribution in [-0.4, -0.2) is 53.9 Å².